The van der Waals surface area contributed by atoms with E-state index in [1.807, 2.05) is 0 Å². The van der Waals surface area contributed by atoms with Crippen LogP contribution in [0.3, 0.4) is 0 Å². The Morgan fingerprint density at radius 3 is 2.91 bits per heavy atom. The van der Waals surface area contributed by atoms with Gasteiger partial charge in [-0.1, -0.05) is 0 Å². The summed E-state index contributed by atoms with van der Waals surface area (Å²) in [6.45, 7) is 1.40. The number of alkyl halides is 2. The van der Waals surface area contributed by atoms with Crippen molar-refractivity contribution in [2.75, 3.05) is 17.5 Å². The Bertz CT molecular complexity index is 822. The Hall–Kier alpha value is -2.23. The number of nitrogens with zero attached hydrogens (tertiary/aromatic N) is 4. The quantitative estimate of drug-likeness (QED) is 0.839. The number of hydrogen-bond donors (Lipinski definition) is 0. The summed E-state index contributed by atoms with van der Waals surface area (Å²) in [5, 5.41) is 3.67. The van der Waals surface area contributed by atoms with Crippen molar-refractivity contribution >= 4 is 15.7 Å². The van der Waals surface area contributed by atoms with Crippen molar-refractivity contribution < 1.29 is 21.9 Å². The van der Waals surface area contributed by atoms with Gasteiger partial charge in [-0.05, 0) is 18.6 Å². The molecule has 23 heavy (non-hydrogen) atoms. The van der Waals surface area contributed by atoms with Crippen LogP contribution in [0.1, 0.15) is 5.56 Å². The van der Waals surface area contributed by atoms with E-state index in [0.29, 0.717) is 5.69 Å². The third-order valence-electron chi connectivity index (χ3n) is 3.29. The van der Waals surface area contributed by atoms with Gasteiger partial charge in [0.1, 0.15) is 23.7 Å². The van der Waals surface area contributed by atoms with Crippen LogP contribution < -0.4 is 9.04 Å². The van der Waals surface area contributed by atoms with Crippen molar-refractivity contribution in [2.24, 2.45) is 0 Å². The summed E-state index contributed by atoms with van der Waals surface area (Å²) >= 11 is 0. The van der Waals surface area contributed by atoms with Crippen molar-refractivity contribution in [3.63, 3.8) is 0 Å². The van der Waals surface area contributed by atoms with Crippen molar-refractivity contribution in [3.8, 4) is 5.88 Å². The highest BCUT2D eigenvalue weighted by Crippen LogP contribution is 2.33. The van der Waals surface area contributed by atoms with Crippen LogP contribution in [0.25, 0.3) is 0 Å². The van der Waals surface area contributed by atoms with Crippen LogP contribution in [-0.4, -0.2) is 42.8 Å². The molecule has 0 aliphatic carbocycles. The number of halogens is 2. The van der Waals surface area contributed by atoms with Crippen LogP contribution in [-0.2, 0) is 16.6 Å². The van der Waals surface area contributed by atoms with Crippen LogP contribution in [0.5, 0.6) is 5.88 Å². The molecule has 0 unspecified atom stereocenters. The molecule has 0 bridgehead atoms. The molecule has 0 N–H and O–H groups in total. The summed E-state index contributed by atoms with van der Waals surface area (Å²) in [6.07, 6.45) is 1.13. The van der Waals surface area contributed by atoms with Gasteiger partial charge in [0.05, 0.1) is 12.7 Å². The maximum atomic E-state index is 12.8. The van der Waals surface area contributed by atoms with Gasteiger partial charge in [0.2, 0.25) is 5.88 Å². The van der Waals surface area contributed by atoms with Gasteiger partial charge < -0.3 is 4.74 Å². The van der Waals surface area contributed by atoms with E-state index in [1.54, 1.807) is 19.2 Å². The van der Waals surface area contributed by atoms with Crippen LogP contribution in [0.2, 0.25) is 0 Å². The van der Waals surface area contributed by atoms with E-state index in [0.717, 1.165) is 26.9 Å². The molecule has 10 heteroatoms. The minimum absolute atomic E-state index is 0.112. The van der Waals surface area contributed by atoms with Crippen molar-refractivity contribution in [2.45, 2.75) is 24.8 Å². The second kappa shape index (κ2) is 5.76. The zero-order valence-corrected chi connectivity index (χ0v) is 13.0. The Kier molecular flexibility index (Phi) is 3.92. The van der Waals surface area contributed by atoms with E-state index in [4.69, 9.17) is 4.74 Å². The van der Waals surface area contributed by atoms with Gasteiger partial charge in [0.15, 0.2) is 0 Å². The van der Waals surface area contributed by atoms with Crippen LogP contribution in [0.15, 0.2) is 29.6 Å². The Balaban J connectivity index is 1.98. The van der Waals surface area contributed by atoms with Crippen LogP contribution >= 0.6 is 0 Å². The monoisotopic (exact) mass is 344 g/mol. The zero-order chi connectivity index (χ0) is 16.6. The smallest absolute Gasteiger partial charge is 0.267 e. The molecular weight excluding hydrogens is 330 g/mol. The van der Waals surface area contributed by atoms with E-state index in [9.17, 15) is 17.2 Å². The number of aromatic nitrogens is 3. The normalized spacial score (nSPS) is 14.7. The van der Waals surface area contributed by atoms with Gasteiger partial charge in [-0.2, -0.15) is 5.10 Å². The lowest BCUT2D eigenvalue weighted by molar-refractivity contribution is 0.121. The number of hydrogen-bond acceptors (Lipinski definition) is 5. The number of rotatable bonds is 4. The summed E-state index contributed by atoms with van der Waals surface area (Å²) in [5.41, 5.74) is 1.11. The molecule has 0 radical (unpaired) electrons. The first-order chi connectivity index (χ1) is 10.9. The molecule has 3 heterocycles. The number of pyridine rings is 1. The lowest BCUT2D eigenvalue weighted by Crippen LogP contribution is -2.38. The number of fused-ring (bicyclic) bond motifs is 1. The van der Waals surface area contributed by atoms with Gasteiger partial charge in [0.25, 0.3) is 16.4 Å². The first kappa shape index (κ1) is 15.7. The molecule has 0 fully saturated rings. The topological polar surface area (TPSA) is 77.3 Å². The van der Waals surface area contributed by atoms with E-state index in [-0.39, 0.29) is 23.9 Å². The molecule has 0 amide bonds. The molecule has 2 aromatic heterocycles. The van der Waals surface area contributed by atoms with E-state index >= 15 is 0 Å². The largest absolute Gasteiger partial charge is 0.474 e. The van der Waals surface area contributed by atoms with Crippen molar-refractivity contribution in [3.05, 3.63) is 30.2 Å². The average Bonchev–Trinajstić information content (AvgIpc) is 2.95. The first-order valence-corrected chi connectivity index (χ1v) is 8.25. The summed E-state index contributed by atoms with van der Waals surface area (Å²) in [7, 11) is -3.92. The predicted molar refractivity (Wildman–Crippen MR) is 77.2 cm³/mol. The van der Waals surface area contributed by atoms with Gasteiger partial charge in [0, 0.05) is 12.4 Å². The summed E-state index contributed by atoms with van der Waals surface area (Å²) in [4.78, 5) is 3.93. The van der Waals surface area contributed by atoms with Gasteiger partial charge in [-0.3, -0.25) is 8.99 Å². The van der Waals surface area contributed by atoms with Crippen molar-refractivity contribution in [1.82, 2.24) is 14.8 Å². The number of aryl methyl sites for hydroxylation is 1. The number of anilines is 1. The predicted octanol–water partition coefficient (Wildman–Crippen LogP) is 1.44. The Labute approximate surface area is 131 Å². The third kappa shape index (κ3) is 2.98. The maximum absolute atomic E-state index is 12.8. The molecule has 1 aliphatic rings. The first-order valence-electron chi connectivity index (χ1n) is 6.81. The Morgan fingerprint density at radius 1 is 1.39 bits per heavy atom. The molecule has 124 valence electrons. The standard InChI is InChI=1S/C13H14F2N4O3S/c1-9-4-11-13(16-5-9)22-3-2-19(11)23(20,21)10-6-17-18(7-10)8-12(14)15/h4-7,12H,2-3,8H2,1H3. The lowest BCUT2D eigenvalue weighted by atomic mass is 10.3. The maximum Gasteiger partial charge on any atom is 0.267 e. The van der Waals surface area contributed by atoms with E-state index in [1.165, 1.54) is 0 Å². The third-order valence-corrected chi connectivity index (χ3v) is 5.06. The van der Waals surface area contributed by atoms with Crippen molar-refractivity contribution in [1.29, 1.82) is 0 Å². The molecule has 0 spiro atoms. The lowest BCUT2D eigenvalue weighted by Gasteiger charge is -2.29. The average molecular weight is 344 g/mol. The minimum atomic E-state index is -3.92. The summed E-state index contributed by atoms with van der Waals surface area (Å²) in [6, 6.07) is 1.66. The fraction of sp³-hybridized carbons (Fsp3) is 0.385. The SMILES string of the molecule is Cc1cnc2c(c1)N(S(=O)(=O)c1cnn(CC(F)F)c1)CCO2. The number of ether oxygens (including phenoxy) is 1. The highest BCUT2D eigenvalue weighted by atomic mass is 32.2. The fourth-order valence-corrected chi connectivity index (χ4v) is 3.67. The highest BCUT2D eigenvalue weighted by molar-refractivity contribution is 7.92. The molecule has 7 nitrogen and oxygen atoms in total. The van der Waals surface area contributed by atoms with Crippen LogP contribution in [0, 0.1) is 6.92 Å². The van der Waals surface area contributed by atoms with Gasteiger partial charge >= 0.3 is 0 Å². The molecule has 3 rings (SSSR count). The molecule has 0 aromatic carbocycles. The van der Waals surface area contributed by atoms with E-state index < -0.39 is 23.0 Å². The number of sulfonamides is 1. The molecule has 0 atom stereocenters. The molecule has 0 saturated heterocycles. The molecular formula is C13H14F2N4O3S. The minimum Gasteiger partial charge on any atom is -0.474 e. The van der Waals surface area contributed by atoms with Crippen LogP contribution in [0.4, 0.5) is 14.5 Å². The molecule has 1 aliphatic heterocycles. The molecule has 0 saturated carbocycles. The fourth-order valence-electron chi connectivity index (χ4n) is 2.27. The summed E-state index contributed by atoms with van der Waals surface area (Å²) < 4.78 is 57.7. The Morgan fingerprint density at radius 2 is 2.17 bits per heavy atom. The second-order valence-corrected chi connectivity index (χ2v) is 6.91. The summed E-state index contributed by atoms with van der Waals surface area (Å²) in [5.74, 6) is 0.227. The van der Waals surface area contributed by atoms with Gasteiger partial charge in [-0.15, -0.1) is 0 Å². The second-order valence-electron chi connectivity index (χ2n) is 5.05. The molecule has 2 aromatic rings. The zero-order valence-electron chi connectivity index (χ0n) is 12.2. The van der Waals surface area contributed by atoms with Gasteiger partial charge in [-0.25, -0.2) is 22.2 Å². The van der Waals surface area contributed by atoms with E-state index in [2.05, 4.69) is 10.1 Å². The highest BCUT2D eigenvalue weighted by Gasteiger charge is 2.32.